The maximum atomic E-state index is 10.5. The molecule has 0 aliphatic carbocycles. The van der Waals surface area contributed by atoms with Gasteiger partial charge in [-0.25, -0.2) is 9.78 Å². The van der Waals surface area contributed by atoms with Crippen molar-refractivity contribution in [3.8, 4) is 0 Å². The van der Waals surface area contributed by atoms with Crippen LogP contribution >= 0.6 is 0 Å². The molecule has 2 rings (SSSR count). The Morgan fingerprint density at radius 3 is 2.05 bits per heavy atom. The van der Waals surface area contributed by atoms with Crippen LogP contribution in [0.25, 0.3) is 5.57 Å². The van der Waals surface area contributed by atoms with Crippen LogP contribution in [0.5, 0.6) is 0 Å². The Morgan fingerprint density at radius 2 is 1.63 bits per heavy atom. The second-order valence-corrected chi connectivity index (χ2v) is 4.15. The third-order valence-corrected chi connectivity index (χ3v) is 2.35. The molecule has 0 fully saturated rings. The fourth-order valence-electron chi connectivity index (χ4n) is 1.33. The Labute approximate surface area is 113 Å². The van der Waals surface area contributed by atoms with E-state index >= 15 is 0 Å². The quantitative estimate of drug-likeness (QED) is 0.887. The molecule has 1 N–H and O–H groups in total. The van der Waals surface area contributed by atoms with E-state index in [4.69, 9.17) is 5.11 Å². The van der Waals surface area contributed by atoms with Crippen LogP contribution in [-0.4, -0.2) is 16.1 Å². The van der Waals surface area contributed by atoms with Crippen LogP contribution in [0.2, 0.25) is 0 Å². The summed E-state index contributed by atoms with van der Waals surface area (Å²) >= 11 is 0. The Hall–Kier alpha value is -2.42. The van der Waals surface area contributed by atoms with Crippen LogP contribution in [0, 0.1) is 6.92 Å². The maximum Gasteiger partial charge on any atom is 0.354 e. The number of aromatic nitrogens is 1. The minimum absolute atomic E-state index is 0.0514. The summed E-state index contributed by atoms with van der Waals surface area (Å²) in [4.78, 5) is 14.4. The summed E-state index contributed by atoms with van der Waals surface area (Å²) in [7, 11) is 0. The first-order valence-electron chi connectivity index (χ1n) is 5.88. The second-order valence-electron chi connectivity index (χ2n) is 4.15. The van der Waals surface area contributed by atoms with E-state index in [1.807, 2.05) is 18.2 Å². The normalized spacial score (nSPS) is 9.16. The molecule has 19 heavy (non-hydrogen) atoms. The predicted octanol–water partition coefficient (Wildman–Crippen LogP) is 3.81. The molecule has 3 heteroatoms. The Balaban J connectivity index is 0.000000218. The Morgan fingerprint density at radius 1 is 1.05 bits per heavy atom. The van der Waals surface area contributed by atoms with Crippen molar-refractivity contribution >= 4 is 11.5 Å². The topological polar surface area (TPSA) is 50.2 Å². The smallest absolute Gasteiger partial charge is 0.354 e. The summed E-state index contributed by atoms with van der Waals surface area (Å²) in [6, 6.07) is 15.1. The molecule has 0 aliphatic heterocycles. The number of pyridine rings is 1. The zero-order valence-corrected chi connectivity index (χ0v) is 11.1. The average Bonchev–Trinajstić information content (AvgIpc) is 2.40. The summed E-state index contributed by atoms with van der Waals surface area (Å²) in [6.45, 7) is 7.54. The van der Waals surface area contributed by atoms with E-state index in [-0.39, 0.29) is 5.69 Å². The summed E-state index contributed by atoms with van der Waals surface area (Å²) in [5.41, 5.74) is 2.76. The largest absolute Gasteiger partial charge is 0.477 e. The van der Waals surface area contributed by atoms with Crippen LogP contribution < -0.4 is 0 Å². The monoisotopic (exact) mass is 255 g/mol. The van der Waals surface area contributed by atoms with Crippen molar-refractivity contribution in [3.63, 3.8) is 0 Å². The first kappa shape index (κ1) is 14.6. The van der Waals surface area contributed by atoms with Gasteiger partial charge in [0, 0.05) is 0 Å². The molecule has 0 amide bonds. The van der Waals surface area contributed by atoms with Crippen molar-refractivity contribution in [3.05, 3.63) is 72.1 Å². The molecule has 2 aromatic rings. The average molecular weight is 255 g/mol. The number of carboxylic acid groups (broad SMARTS) is 1. The number of nitrogens with zero attached hydrogens (tertiary/aromatic N) is 1. The Bertz CT molecular complexity index is 533. The van der Waals surface area contributed by atoms with E-state index in [0.717, 1.165) is 5.57 Å². The van der Waals surface area contributed by atoms with Crippen LogP contribution in [0.3, 0.4) is 0 Å². The molecule has 0 atom stereocenters. The summed E-state index contributed by atoms with van der Waals surface area (Å²) in [5, 5.41) is 8.60. The van der Waals surface area contributed by atoms with Crippen molar-refractivity contribution in [1.29, 1.82) is 0 Å². The van der Waals surface area contributed by atoms with Gasteiger partial charge in [0.15, 0.2) is 0 Å². The van der Waals surface area contributed by atoms with E-state index in [1.54, 1.807) is 19.1 Å². The fraction of sp³-hybridized carbons (Fsp3) is 0.125. The van der Waals surface area contributed by atoms with Crippen LogP contribution in [0.4, 0.5) is 0 Å². The molecule has 0 bridgehead atoms. The van der Waals surface area contributed by atoms with Gasteiger partial charge in [0.25, 0.3) is 0 Å². The summed E-state index contributed by atoms with van der Waals surface area (Å²) < 4.78 is 0. The lowest BCUT2D eigenvalue weighted by molar-refractivity contribution is 0.0690. The standard InChI is InChI=1S/C9H9NO2.C7H8/c1-6(2)7-4-3-5-8(10-7)9(11)12;1-7-5-3-2-4-6-7/h3-5H,1H2,2H3,(H,11,12);2-6H,1H3. The number of allylic oxidation sites excluding steroid dienone is 1. The molecular weight excluding hydrogens is 238 g/mol. The van der Waals surface area contributed by atoms with E-state index < -0.39 is 5.97 Å². The second kappa shape index (κ2) is 7.11. The maximum absolute atomic E-state index is 10.5. The lowest BCUT2D eigenvalue weighted by Crippen LogP contribution is -2.01. The lowest BCUT2D eigenvalue weighted by atomic mass is 10.2. The van der Waals surface area contributed by atoms with Gasteiger partial charge in [0.05, 0.1) is 5.69 Å². The van der Waals surface area contributed by atoms with Crippen molar-refractivity contribution in [2.75, 3.05) is 0 Å². The van der Waals surface area contributed by atoms with Crippen LogP contribution in [0.1, 0.15) is 28.7 Å². The zero-order chi connectivity index (χ0) is 14.3. The number of carbonyl (C=O) groups is 1. The first-order chi connectivity index (χ1) is 9.00. The van der Waals surface area contributed by atoms with E-state index in [2.05, 4.69) is 30.6 Å². The SMILES string of the molecule is C=C(C)c1cccc(C(=O)O)n1.Cc1ccccc1. The highest BCUT2D eigenvalue weighted by molar-refractivity contribution is 5.85. The minimum atomic E-state index is -1.02. The van der Waals surface area contributed by atoms with Gasteiger partial charge < -0.3 is 5.11 Å². The van der Waals surface area contributed by atoms with Gasteiger partial charge >= 0.3 is 5.97 Å². The molecule has 0 saturated heterocycles. The highest BCUT2D eigenvalue weighted by atomic mass is 16.4. The Kier molecular flexibility index (Phi) is 5.48. The minimum Gasteiger partial charge on any atom is -0.477 e. The number of aromatic carboxylic acids is 1. The first-order valence-corrected chi connectivity index (χ1v) is 5.88. The highest BCUT2D eigenvalue weighted by Crippen LogP contribution is 2.08. The molecule has 0 unspecified atom stereocenters. The summed E-state index contributed by atoms with van der Waals surface area (Å²) in [6.07, 6.45) is 0. The van der Waals surface area contributed by atoms with Crippen molar-refractivity contribution in [2.45, 2.75) is 13.8 Å². The molecule has 3 nitrogen and oxygen atoms in total. The number of hydrogen-bond acceptors (Lipinski definition) is 2. The van der Waals surface area contributed by atoms with Crippen LogP contribution in [0.15, 0.2) is 55.1 Å². The number of rotatable bonds is 2. The molecule has 0 spiro atoms. The molecular formula is C16H17NO2. The van der Waals surface area contributed by atoms with E-state index in [9.17, 15) is 4.79 Å². The van der Waals surface area contributed by atoms with Crippen LogP contribution in [-0.2, 0) is 0 Å². The van der Waals surface area contributed by atoms with Gasteiger partial charge in [-0.3, -0.25) is 0 Å². The highest BCUT2D eigenvalue weighted by Gasteiger charge is 2.04. The lowest BCUT2D eigenvalue weighted by Gasteiger charge is -1.98. The van der Waals surface area contributed by atoms with Crippen molar-refractivity contribution in [1.82, 2.24) is 4.98 Å². The van der Waals surface area contributed by atoms with E-state index in [0.29, 0.717) is 5.69 Å². The third kappa shape index (κ3) is 5.17. The van der Waals surface area contributed by atoms with Gasteiger partial charge in [-0.05, 0) is 31.6 Å². The van der Waals surface area contributed by atoms with E-state index in [1.165, 1.54) is 11.6 Å². The predicted molar refractivity (Wildman–Crippen MR) is 77.1 cm³/mol. The van der Waals surface area contributed by atoms with Gasteiger partial charge in [0.2, 0.25) is 0 Å². The fourth-order valence-corrected chi connectivity index (χ4v) is 1.33. The number of aryl methyl sites for hydroxylation is 1. The number of hydrogen-bond donors (Lipinski definition) is 1. The van der Waals surface area contributed by atoms with Gasteiger partial charge in [-0.2, -0.15) is 0 Å². The molecule has 0 radical (unpaired) electrons. The van der Waals surface area contributed by atoms with Crippen molar-refractivity contribution in [2.24, 2.45) is 0 Å². The number of benzene rings is 1. The summed E-state index contributed by atoms with van der Waals surface area (Å²) in [5.74, 6) is -1.02. The zero-order valence-electron chi connectivity index (χ0n) is 11.1. The van der Waals surface area contributed by atoms with Crippen molar-refractivity contribution < 1.29 is 9.90 Å². The van der Waals surface area contributed by atoms with Gasteiger partial charge in [-0.15, -0.1) is 0 Å². The number of carboxylic acids is 1. The van der Waals surface area contributed by atoms with Gasteiger partial charge in [-0.1, -0.05) is 48.5 Å². The molecule has 0 aliphatic rings. The molecule has 1 aromatic carbocycles. The molecule has 98 valence electrons. The molecule has 0 saturated carbocycles. The molecule has 1 heterocycles. The van der Waals surface area contributed by atoms with Gasteiger partial charge in [0.1, 0.15) is 5.69 Å². The third-order valence-electron chi connectivity index (χ3n) is 2.35. The molecule has 1 aromatic heterocycles.